The Kier molecular flexibility index (Phi) is 4.40. The molecule has 1 aliphatic carbocycles. The molecule has 0 fully saturated rings. The zero-order valence-corrected chi connectivity index (χ0v) is 14.1. The quantitative estimate of drug-likeness (QED) is 0.788. The maximum atomic E-state index is 12.3. The molecule has 2 unspecified atom stereocenters. The maximum absolute atomic E-state index is 12.3. The Bertz CT molecular complexity index is 773. The highest BCUT2D eigenvalue weighted by atomic mass is 16.3. The zero-order chi connectivity index (χ0) is 17.2. The van der Waals surface area contributed by atoms with Crippen molar-refractivity contribution in [1.29, 1.82) is 0 Å². The van der Waals surface area contributed by atoms with E-state index in [1.54, 1.807) is 0 Å². The second-order valence-corrected chi connectivity index (χ2v) is 6.77. The van der Waals surface area contributed by atoms with Crippen LogP contribution in [0.3, 0.4) is 0 Å². The summed E-state index contributed by atoms with van der Waals surface area (Å²) in [5.74, 6) is 1.80. The van der Waals surface area contributed by atoms with E-state index in [4.69, 9.17) is 0 Å². The van der Waals surface area contributed by atoms with Crippen LogP contribution in [0.15, 0.2) is 24.3 Å². The fraction of sp³-hybridized carbons (Fsp3) is 0.500. The molecule has 2 heterocycles. The molecule has 7 nitrogen and oxygen atoms in total. The molecule has 4 rings (SSSR count). The second kappa shape index (κ2) is 6.84. The van der Waals surface area contributed by atoms with Gasteiger partial charge in [-0.2, -0.15) is 0 Å². The molecule has 2 aromatic rings. The number of nitrogens with one attached hydrogen (secondary N) is 2. The number of nitrogens with zero attached hydrogens (tertiary/aromatic N) is 3. The lowest BCUT2D eigenvalue weighted by molar-refractivity contribution is 0.142. The standard InChI is InChI=1S/C18H23N5O2/c24-14-10-12-6-3-4-7-13(12)17(14)20-18(25)19-11-16-22-21-15-8-2-1-5-9-23(15)16/h3-4,6-7,14,17,24H,1-2,5,8-11H2,(H2,19,20,25). The van der Waals surface area contributed by atoms with Crippen LogP contribution in [0, 0.1) is 0 Å². The fourth-order valence-corrected chi connectivity index (χ4v) is 3.78. The van der Waals surface area contributed by atoms with Gasteiger partial charge in [0.05, 0.1) is 18.7 Å². The number of aromatic nitrogens is 3. The van der Waals surface area contributed by atoms with E-state index in [2.05, 4.69) is 25.4 Å². The van der Waals surface area contributed by atoms with E-state index in [0.29, 0.717) is 13.0 Å². The van der Waals surface area contributed by atoms with Crippen molar-refractivity contribution in [2.45, 2.75) is 57.3 Å². The lowest BCUT2D eigenvalue weighted by Crippen LogP contribution is -2.41. The van der Waals surface area contributed by atoms with E-state index in [9.17, 15) is 9.90 Å². The van der Waals surface area contributed by atoms with Gasteiger partial charge < -0.3 is 20.3 Å². The normalized spacial score (nSPS) is 22.0. The van der Waals surface area contributed by atoms with Gasteiger partial charge in [-0.15, -0.1) is 10.2 Å². The summed E-state index contributed by atoms with van der Waals surface area (Å²) in [5.41, 5.74) is 2.07. The van der Waals surface area contributed by atoms with Crippen molar-refractivity contribution in [3.05, 3.63) is 47.0 Å². The van der Waals surface area contributed by atoms with Gasteiger partial charge in [-0.25, -0.2) is 4.79 Å². The van der Waals surface area contributed by atoms with Crippen LogP contribution in [-0.2, 0) is 25.9 Å². The molecular weight excluding hydrogens is 318 g/mol. The third-order valence-electron chi connectivity index (χ3n) is 5.08. The molecule has 2 aliphatic rings. The summed E-state index contributed by atoms with van der Waals surface area (Å²) in [6, 6.07) is 7.15. The summed E-state index contributed by atoms with van der Waals surface area (Å²) in [6.45, 7) is 1.25. The predicted octanol–water partition coefficient (Wildman–Crippen LogP) is 1.46. The highest BCUT2D eigenvalue weighted by molar-refractivity contribution is 5.74. The van der Waals surface area contributed by atoms with Crippen LogP contribution in [0.25, 0.3) is 0 Å². The van der Waals surface area contributed by atoms with Crippen LogP contribution in [0.4, 0.5) is 4.79 Å². The number of benzene rings is 1. The van der Waals surface area contributed by atoms with Crippen LogP contribution in [0.5, 0.6) is 0 Å². The Morgan fingerprint density at radius 1 is 1.24 bits per heavy atom. The molecule has 3 N–H and O–H groups in total. The van der Waals surface area contributed by atoms with E-state index < -0.39 is 6.10 Å². The minimum Gasteiger partial charge on any atom is -0.390 e. The van der Waals surface area contributed by atoms with Gasteiger partial charge in [0.15, 0.2) is 5.82 Å². The summed E-state index contributed by atoms with van der Waals surface area (Å²) in [4.78, 5) is 12.3. The van der Waals surface area contributed by atoms with E-state index >= 15 is 0 Å². The largest absolute Gasteiger partial charge is 0.390 e. The van der Waals surface area contributed by atoms with Crippen molar-refractivity contribution in [2.24, 2.45) is 0 Å². The number of carbonyl (C=O) groups is 1. The molecular formula is C18H23N5O2. The molecule has 1 aromatic heterocycles. The van der Waals surface area contributed by atoms with Gasteiger partial charge >= 0.3 is 6.03 Å². The monoisotopic (exact) mass is 341 g/mol. The van der Waals surface area contributed by atoms with Crippen molar-refractivity contribution in [1.82, 2.24) is 25.4 Å². The molecule has 0 bridgehead atoms. The van der Waals surface area contributed by atoms with Crippen molar-refractivity contribution >= 4 is 6.03 Å². The van der Waals surface area contributed by atoms with E-state index in [-0.39, 0.29) is 12.1 Å². The van der Waals surface area contributed by atoms with Crippen LogP contribution < -0.4 is 10.6 Å². The SMILES string of the molecule is O=C(NCc1nnc2n1CCCCC2)NC1c2ccccc2CC1O. The Labute approximate surface area is 146 Å². The Morgan fingerprint density at radius 2 is 2.12 bits per heavy atom. The smallest absolute Gasteiger partial charge is 0.315 e. The number of fused-ring (bicyclic) bond motifs is 2. The fourth-order valence-electron chi connectivity index (χ4n) is 3.78. The lowest BCUT2D eigenvalue weighted by Gasteiger charge is -2.18. The highest BCUT2D eigenvalue weighted by Gasteiger charge is 2.31. The first kappa shape index (κ1) is 16.1. The topological polar surface area (TPSA) is 92.1 Å². The van der Waals surface area contributed by atoms with Crippen molar-refractivity contribution in [2.75, 3.05) is 0 Å². The molecule has 0 saturated heterocycles. The number of aryl methyl sites for hydroxylation is 1. The van der Waals surface area contributed by atoms with Gasteiger partial charge in [0.2, 0.25) is 0 Å². The van der Waals surface area contributed by atoms with Gasteiger partial charge in [-0.3, -0.25) is 0 Å². The molecule has 2 atom stereocenters. The number of hydrogen-bond acceptors (Lipinski definition) is 4. The number of hydrogen-bond donors (Lipinski definition) is 3. The van der Waals surface area contributed by atoms with Crippen LogP contribution in [0.1, 0.15) is 48.1 Å². The number of aliphatic hydroxyl groups excluding tert-OH is 1. The number of rotatable bonds is 3. The van der Waals surface area contributed by atoms with Gasteiger partial charge in [-0.1, -0.05) is 30.7 Å². The number of carbonyl (C=O) groups excluding carboxylic acids is 1. The van der Waals surface area contributed by atoms with Gasteiger partial charge in [0.1, 0.15) is 5.82 Å². The lowest BCUT2D eigenvalue weighted by atomic mass is 10.1. The van der Waals surface area contributed by atoms with E-state index in [1.807, 2.05) is 24.3 Å². The Morgan fingerprint density at radius 3 is 3.04 bits per heavy atom. The van der Waals surface area contributed by atoms with E-state index in [0.717, 1.165) is 48.6 Å². The summed E-state index contributed by atoms with van der Waals surface area (Å²) in [7, 11) is 0. The van der Waals surface area contributed by atoms with Gasteiger partial charge in [-0.05, 0) is 24.0 Å². The third-order valence-corrected chi connectivity index (χ3v) is 5.08. The molecule has 7 heteroatoms. The minimum absolute atomic E-state index is 0.299. The van der Waals surface area contributed by atoms with Crippen molar-refractivity contribution in [3.8, 4) is 0 Å². The van der Waals surface area contributed by atoms with Crippen LogP contribution in [-0.4, -0.2) is 32.0 Å². The molecule has 1 aromatic carbocycles. The number of aliphatic hydroxyl groups is 1. The highest BCUT2D eigenvalue weighted by Crippen LogP contribution is 2.31. The molecule has 0 radical (unpaired) electrons. The minimum atomic E-state index is -0.590. The van der Waals surface area contributed by atoms with Crippen LogP contribution in [0.2, 0.25) is 0 Å². The number of urea groups is 1. The summed E-state index contributed by atoms with van der Waals surface area (Å²) in [5, 5.41) is 24.4. The molecule has 1 aliphatic heterocycles. The van der Waals surface area contributed by atoms with E-state index in [1.165, 1.54) is 6.42 Å². The molecule has 0 spiro atoms. The predicted molar refractivity (Wildman–Crippen MR) is 91.8 cm³/mol. The maximum Gasteiger partial charge on any atom is 0.315 e. The summed E-state index contributed by atoms with van der Waals surface area (Å²) in [6.07, 6.45) is 4.39. The van der Waals surface area contributed by atoms with Crippen molar-refractivity contribution < 1.29 is 9.90 Å². The van der Waals surface area contributed by atoms with Gasteiger partial charge in [0, 0.05) is 19.4 Å². The first-order valence-corrected chi connectivity index (χ1v) is 8.93. The zero-order valence-electron chi connectivity index (χ0n) is 14.1. The molecule has 132 valence electrons. The Balaban J connectivity index is 1.38. The van der Waals surface area contributed by atoms with Crippen molar-refractivity contribution in [3.63, 3.8) is 0 Å². The summed E-state index contributed by atoms with van der Waals surface area (Å²) < 4.78 is 2.12. The van der Waals surface area contributed by atoms with Crippen LogP contribution >= 0.6 is 0 Å². The Hall–Kier alpha value is -2.41. The molecule has 0 saturated carbocycles. The van der Waals surface area contributed by atoms with Gasteiger partial charge in [0.25, 0.3) is 0 Å². The first-order chi connectivity index (χ1) is 12.2. The second-order valence-electron chi connectivity index (χ2n) is 6.77. The average molecular weight is 341 g/mol. The third kappa shape index (κ3) is 3.24. The average Bonchev–Trinajstić information content (AvgIpc) is 3.04. The number of amides is 2. The summed E-state index contributed by atoms with van der Waals surface area (Å²) >= 11 is 0. The first-order valence-electron chi connectivity index (χ1n) is 8.93. The molecule has 2 amide bonds. The molecule has 25 heavy (non-hydrogen) atoms.